The lowest BCUT2D eigenvalue weighted by atomic mass is 9.95. The summed E-state index contributed by atoms with van der Waals surface area (Å²) in [6, 6.07) is 7.70. The largest absolute Gasteiger partial charge is 0.494 e. The van der Waals surface area contributed by atoms with Gasteiger partial charge in [-0.25, -0.2) is 0 Å². The molecule has 1 aromatic rings. The van der Waals surface area contributed by atoms with E-state index in [2.05, 4.69) is 6.07 Å². The molecule has 0 radical (unpaired) electrons. The van der Waals surface area contributed by atoms with Gasteiger partial charge in [-0.2, -0.15) is 5.26 Å². The molecule has 1 amide bonds. The van der Waals surface area contributed by atoms with Crippen molar-refractivity contribution in [3.63, 3.8) is 0 Å². The second-order valence-corrected chi connectivity index (χ2v) is 8.66. The van der Waals surface area contributed by atoms with E-state index in [9.17, 15) is 9.59 Å². The minimum atomic E-state index is -0.526. The van der Waals surface area contributed by atoms with Crippen molar-refractivity contribution in [3.05, 3.63) is 29.3 Å². The number of aryl methyl sites for hydroxylation is 1. The quantitative estimate of drug-likeness (QED) is 0.647. The van der Waals surface area contributed by atoms with Crippen LogP contribution in [0.4, 0.5) is 0 Å². The molecule has 1 fully saturated rings. The molecule has 0 aliphatic carbocycles. The van der Waals surface area contributed by atoms with Crippen LogP contribution < -0.4 is 4.74 Å². The maximum atomic E-state index is 12.5. The standard InChI is InChI=1S/C23H32N2O4/c1-17-7-8-20(14-19(17)15-24)28-13-11-18-6-5-12-25(16-18)21(26)9-10-22(27)29-23(2,3)4/h7-8,14,18H,5-6,9-13,16H2,1-4H3. The molecule has 0 saturated carbocycles. The van der Waals surface area contributed by atoms with E-state index in [1.807, 2.05) is 44.7 Å². The molecule has 1 saturated heterocycles. The van der Waals surface area contributed by atoms with Gasteiger partial charge in [0.25, 0.3) is 0 Å². The van der Waals surface area contributed by atoms with Crippen molar-refractivity contribution in [3.8, 4) is 11.8 Å². The predicted molar refractivity (Wildman–Crippen MR) is 110 cm³/mol. The van der Waals surface area contributed by atoms with Crippen LogP contribution in [0, 0.1) is 24.2 Å². The Bertz CT molecular complexity index is 761. The first-order valence-electron chi connectivity index (χ1n) is 10.3. The number of hydrogen-bond acceptors (Lipinski definition) is 5. The smallest absolute Gasteiger partial charge is 0.306 e. The van der Waals surface area contributed by atoms with Crippen LogP contribution in [0.3, 0.4) is 0 Å². The van der Waals surface area contributed by atoms with E-state index in [1.54, 1.807) is 6.07 Å². The normalized spacial score (nSPS) is 16.8. The molecule has 6 nitrogen and oxygen atoms in total. The van der Waals surface area contributed by atoms with Gasteiger partial charge < -0.3 is 14.4 Å². The summed E-state index contributed by atoms with van der Waals surface area (Å²) in [5, 5.41) is 9.11. The second-order valence-electron chi connectivity index (χ2n) is 8.66. The third-order valence-corrected chi connectivity index (χ3v) is 4.96. The molecule has 0 N–H and O–H groups in total. The van der Waals surface area contributed by atoms with E-state index < -0.39 is 5.60 Å². The van der Waals surface area contributed by atoms with Crippen molar-refractivity contribution in [1.82, 2.24) is 4.90 Å². The van der Waals surface area contributed by atoms with E-state index in [4.69, 9.17) is 14.7 Å². The first-order chi connectivity index (χ1) is 13.7. The van der Waals surface area contributed by atoms with E-state index in [-0.39, 0.29) is 24.7 Å². The Morgan fingerprint density at radius 2 is 2.03 bits per heavy atom. The van der Waals surface area contributed by atoms with Gasteiger partial charge in [-0.1, -0.05) is 6.07 Å². The highest BCUT2D eigenvalue weighted by atomic mass is 16.6. The molecule has 6 heteroatoms. The average Bonchev–Trinajstić information content (AvgIpc) is 2.66. The fourth-order valence-corrected chi connectivity index (χ4v) is 3.44. The maximum Gasteiger partial charge on any atom is 0.306 e. The van der Waals surface area contributed by atoms with Gasteiger partial charge in [-0.05, 0) is 70.6 Å². The van der Waals surface area contributed by atoms with E-state index >= 15 is 0 Å². The van der Waals surface area contributed by atoms with Crippen molar-refractivity contribution in [2.45, 2.75) is 65.4 Å². The number of rotatable bonds is 7. The van der Waals surface area contributed by atoms with Crippen LogP contribution in [0.5, 0.6) is 5.75 Å². The number of nitrogens with zero attached hydrogens (tertiary/aromatic N) is 2. The summed E-state index contributed by atoms with van der Waals surface area (Å²) in [5.41, 5.74) is 1.04. The minimum absolute atomic E-state index is 0.0127. The molecule has 1 aromatic carbocycles. The first kappa shape index (κ1) is 22.7. The van der Waals surface area contributed by atoms with Crippen molar-refractivity contribution in [2.24, 2.45) is 5.92 Å². The lowest BCUT2D eigenvalue weighted by Crippen LogP contribution is -2.40. The summed E-state index contributed by atoms with van der Waals surface area (Å²) in [7, 11) is 0. The lowest BCUT2D eigenvalue weighted by molar-refractivity contribution is -0.156. The molecule has 0 bridgehead atoms. The molecule has 158 valence electrons. The first-order valence-corrected chi connectivity index (χ1v) is 10.3. The number of piperidine rings is 1. The number of esters is 1. The van der Waals surface area contributed by atoms with Gasteiger partial charge >= 0.3 is 5.97 Å². The van der Waals surface area contributed by atoms with Crippen LogP contribution in [0.25, 0.3) is 0 Å². The zero-order chi connectivity index (χ0) is 21.4. The monoisotopic (exact) mass is 400 g/mol. The fraction of sp³-hybridized carbons (Fsp3) is 0.609. The van der Waals surface area contributed by atoms with Gasteiger partial charge in [-0.3, -0.25) is 9.59 Å². The van der Waals surface area contributed by atoms with Crippen LogP contribution in [-0.2, 0) is 14.3 Å². The molecule has 29 heavy (non-hydrogen) atoms. The Morgan fingerprint density at radius 1 is 1.28 bits per heavy atom. The van der Waals surface area contributed by atoms with Crippen LogP contribution in [0.1, 0.15) is 64.0 Å². The predicted octanol–water partition coefficient (Wildman–Crippen LogP) is 4.00. The molecule has 2 rings (SSSR count). The molecule has 1 aliphatic rings. The number of ether oxygens (including phenoxy) is 2. The number of amides is 1. The van der Waals surface area contributed by atoms with Gasteiger partial charge in [-0.15, -0.1) is 0 Å². The Labute approximate surface area is 173 Å². The van der Waals surface area contributed by atoms with E-state index in [0.717, 1.165) is 31.4 Å². The summed E-state index contributed by atoms with van der Waals surface area (Å²) >= 11 is 0. The number of likely N-dealkylation sites (tertiary alicyclic amines) is 1. The Hall–Kier alpha value is -2.55. The minimum Gasteiger partial charge on any atom is -0.494 e. The molecule has 1 atom stereocenters. The van der Waals surface area contributed by atoms with Crippen molar-refractivity contribution in [1.29, 1.82) is 5.26 Å². The van der Waals surface area contributed by atoms with Gasteiger partial charge in [0.1, 0.15) is 11.4 Å². The topological polar surface area (TPSA) is 79.6 Å². The number of benzene rings is 1. The van der Waals surface area contributed by atoms with Crippen LogP contribution in [0.15, 0.2) is 18.2 Å². The number of carbonyl (C=O) groups is 2. The van der Waals surface area contributed by atoms with Crippen molar-refractivity contribution in [2.75, 3.05) is 19.7 Å². The number of carbonyl (C=O) groups excluding carboxylic acids is 2. The molecule has 0 spiro atoms. The lowest BCUT2D eigenvalue weighted by Gasteiger charge is -2.33. The van der Waals surface area contributed by atoms with Crippen molar-refractivity contribution < 1.29 is 19.1 Å². The van der Waals surface area contributed by atoms with Crippen LogP contribution >= 0.6 is 0 Å². The fourth-order valence-electron chi connectivity index (χ4n) is 3.44. The van der Waals surface area contributed by atoms with E-state index in [0.29, 0.717) is 30.4 Å². The highest BCUT2D eigenvalue weighted by Crippen LogP contribution is 2.22. The third kappa shape index (κ3) is 7.77. The van der Waals surface area contributed by atoms with Gasteiger partial charge in [0.2, 0.25) is 5.91 Å². The maximum absolute atomic E-state index is 12.5. The average molecular weight is 401 g/mol. The summed E-state index contributed by atoms with van der Waals surface area (Å²) in [6.45, 7) is 9.37. The third-order valence-electron chi connectivity index (χ3n) is 4.96. The molecular weight excluding hydrogens is 368 g/mol. The highest BCUT2D eigenvalue weighted by molar-refractivity contribution is 5.81. The van der Waals surface area contributed by atoms with E-state index in [1.165, 1.54) is 0 Å². The number of hydrogen-bond donors (Lipinski definition) is 0. The summed E-state index contributed by atoms with van der Waals surface area (Å²) in [5.74, 6) is 0.768. The Kier molecular flexibility index (Phi) is 8.07. The highest BCUT2D eigenvalue weighted by Gasteiger charge is 2.25. The second kappa shape index (κ2) is 10.3. The van der Waals surface area contributed by atoms with Crippen molar-refractivity contribution >= 4 is 11.9 Å². The van der Waals surface area contributed by atoms with Gasteiger partial charge in [0.15, 0.2) is 0 Å². The molecule has 0 aromatic heterocycles. The molecule has 1 unspecified atom stereocenters. The van der Waals surface area contributed by atoms with Gasteiger partial charge in [0.05, 0.1) is 24.7 Å². The van der Waals surface area contributed by atoms with Crippen LogP contribution in [0.2, 0.25) is 0 Å². The Balaban J connectivity index is 1.75. The number of nitriles is 1. The van der Waals surface area contributed by atoms with Crippen LogP contribution in [-0.4, -0.2) is 42.1 Å². The Morgan fingerprint density at radius 3 is 2.72 bits per heavy atom. The molecule has 1 heterocycles. The summed E-state index contributed by atoms with van der Waals surface area (Å²) in [6.07, 6.45) is 3.20. The molecular formula is C23H32N2O4. The SMILES string of the molecule is Cc1ccc(OCCC2CCCN(C(=O)CCC(=O)OC(C)(C)C)C2)cc1C#N. The zero-order valence-corrected chi connectivity index (χ0v) is 18.0. The summed E-state index contributed by atoms with van der Waals surface area (Å²) in [4.78, 5) is 26.2. The molecule has 1 aliphatic heterocycles. The zero-order valence-electron chi connectivity index (χ0n) is 18.0. The van der Waals surface area contributed by atoms with Gasteiger partial charge in [0, 0.05) is 19.5 Å². The summed E-state index contributed by atoms with van der Waals surface area (Å²) < 4.78 is 11.1.